The highest BCUT2D eigenvalue weighted by Gasteiger charge is 2.30. The lowest BCUT2D eigenvalue weighted by molar-refractivity contribution is -0.142. The first kappa shape index (κ1) is 27.3. The van der Waals surface area contributed by atoms with Gasteiger partial charge in [0.25, 0.3) is 5.91 Å². The summed E-state index contributed by atoms with van der Waals surface area (Å²) in [5, 5.41) is 3.02. The lowest BCUT2D eigenvalue weighted by Gasteiger charge is -2.31. The second-order valence-corrected chi connectivity index (χ2v) is 9.88. The van der Waals surface area contributed by atoms with E-state index in [0.717, 1.165) is 15.6 Å². The summed E-state index contributed by atoms with van der Waals surface area (Å²) < 4.78 is 12.1. The molecule has 0 aliphatic rings. The molecule has 0 saturated carbocycles. The van der Waals surface area contributed by atoms with E-state index in [1.165, 1.54) is 0 Å². The van der Waals surface area contributed by atoms with Crippen LogP contribution in [0.15, 0.2) is 83.3 Å². The van der Waals surface area contributed by atoms with Crippen LogP contribution in [-0.2, 0) is 22.6 Å². The fraction of sp³-hybridized carbons (Fsp3) is 0.310. The monoisotopic (exact) mass is 552 g/mol. The molecule has 36 heavy (non-hydrogen) atoms. The average Bonchev–Trinajstić information content (AvgIpc) is 2.89. The highest BCUT2D eigenvalue weighted by atomic mass is 79.9. The van der Waals surface area contributed by atoms with Crippen LogP contribution in [0.2, 0.25) is 0 Å². The molecule has 3 aromatic rings. The molecule has 0 saturated heterocycles. The number of nitrogens with zero attached hydrogens (tertiary/aromatic N) is 1. The van der Waals surface area contributed by atoms with Crippen molar-refractivity contribution in [2.75, 3.05) is 20.3 Å². The van der Waals surface area contributed by atoms with Gasteiger partial charge < -0.3 is 19.7 Å². The van der Waals surface area contributed by atoms with Crippen molar-refractivity contribution < 1.29 is 19.1 Å². The molecule has 3 aromatic carbocycles. The summed E-state index contributed by atoms with van der Waals surface area (Å²) in [6.07, 6.45) is 0.388. The predicted molar refractivity (Wildman–Crippen MR) is 145 cm³/mol. The van der Waals surface area contributed by atoms with Crippen LogP contribution >= 0.6 is 15.9 Å². The molecule has 0 fully saturated rings. The molecule has 0 bridgehead atoms. The Labute approximate surface area is 221 Å². The maximum absolute atomic E-state index is 13.6. The van der Waals surface area contributed by atoms with Gasteiger partial charge in [0.15, 0.2) is 6.61 Å². The highest BCUT2D eigenvalue weighted by molar-refractivity contribution is 9.10. The smallest absolute Gasteiger partial charge is 0.261 e. The van der Waals surface area contributed by atoms with E-state index in [0.29, 0.717) is 24.5 Å². The van der Waals surface area contributed by atoms with Crippen LogP contribution in [0.25, 0.3) is 0 Å². The molecular formula is C29H33BrN2O4. The molecule has 190 valence electrons. The summed E-state index contributed by atoms with van der Waals surface area (Å²) in [7, 11) is 1.60. The van der Waals surface area contributed by atoms with Crippen LogP contribution in [0.5, 0.6) is 11.5 Å². The van der Waals surface area contributed by atoms with E-state index >= 15 is 0 Å². The Morgan fingerprint density at radius 1 is 0.917 bits per heavy atom. The second-order valence-electron chi connectivity index (χ2n) is 8.96. The van der Waals surface area contributed by atoms with Crippen LogP contribution in [-0.4, -0.2) is 43.0 Å². The largest absolute Gasteiger partial charge is 0.497 e. The van der Waals surface area contributed by atoms with Crippen molar-refractivity contribution in [2.24, 2.45) is 5.92 Å². The van der Waals surface area contributed by atoms with Crippen molar-refractivity contribution >= 4 is 27.7 Å². The van der Waals surface area contributed by atoms with Crippen molar-refractivity contribution in [2.45, 2.75) is 32.9 Å². The zero-order valence-corrected chi connectivity index (χ0v) is 22.5. The van der Waals surface area contributed by atoms with Gasteiger partial charge in [-0.1, -0.05) is 72.2 Å². The number of hydrogen-bond acceptors (Lipinski definition) is 4. The van der Waals surface area contributed by atoms with Gasteiger partial charge in [-0.2, -0.15) is 0 Å². The molecule has 0 spiro atoms. The average molecular weight is 553 g/mol. The predicted octanol–water partition coefficient (Wildman–Crippen LogP) is 5.25. The molecule has 0 aliphatic carbocycles. The molecule has 0 heterocycles. The van der Waals surface area contributed by atoms with E-state index in [2.05, 4.69) is 21.2 Å². The number of rotatable bonds is 12. The van der Waals surface area contributed by atoms with Gasteiger partial charge in [0.2, 0.25) is 5.91 Å². The van der Waals surface area contributed by atoms with Crippen molar-refractivity contribution in [3.05, 3.63) is 94.5 Å². The third-order valence-corrected chi connectivity index (χ3v) is 6.15. The van der Waals surface area contributed by atoms with Gasteiger partial charge in [-0.3, -0.25) is 9.59 Å². The number of carbonyl (C=O) groups is 2. The summed E-state index contributed by atoms with van der Waals surface area (Å²) >= 11 is 3.40. The van der Waals surface area contributed by atoms with Gasteiger partial charge >= 0.3 is 0 Å². The fourth-order valence-corrected chi connectivity index (χ4v) is 3.97. The number of halogens is 1. The summed E-state index contributed by atoms with van der Waals surface area (Å²) in [5.41, 5.74) is 1.83. The number of amides is 2. The van der Waals surface area contributed by atoms with E-state index in [4.69, 9.17) is 9.47 Å². The molecule has 3 rings (SSSR count). The van der Waals surface area contributed by atoms with Crippen molar-refractivity contribution in [3.8, 4) is 11.5 Å². The molecule has 0 aliphatic heterocycles. The SMILES string of the molecule is COc1cccc(CN(C(=O)COc2ccc(Br)cc2)[C@H](Cc2ccccc2)C(=O)NCC(C)C)c1. The summed E-state index contributed by atoms with van der Waals surface area (Å²) in [6.45, 7) is 4.66. The summed E-state index contributed by atoms with van der Waals surface area (Å²) in [5.74, 6) is 1.09. The first-order valence-corrected chi connectivity index (χ1v) is 12.8. The zero-order chi connectivity index (χ0) is 25.9. The van der Waals surface area contributed by atoms with Crippen LogP contribution < -0.4 is 14.8 Å². The van der Waals surface area contributed by atoms with Crippen molar-refractivity contribution in [1.82, 2.24) is 10.2 Å². The number of hydrogen-bond donors (Lipinski definition) is 1. The van der Waals surface area contributed by atoms with Crippen LogP contribution in [0.4, 0.5) is 0 Å². The van der Waals surface area contributed by atoms with Crippen LogP contribution in [0.1, 0.15) is 25.0 Å². The minimum absolute atomic E-state index is 0.186. The van der Waals surface area contributed by atoms with Gasteiger partial charge in [0.1, 0.15) is 17.5 Å². The molecule has 2 amide bonds. The third-order valence-electron chi connectivity index (χ3n) is 5.62. The Morgan fingerprint density at radius 2 is 1.61 bits per heavy atom. The minimum atomic E-state index is -0.710. The topological polar surface area (TPSA) is 67.9 Å². The number of ether oxygens (including phenoxy) is 2. The van der Waals surface area contributed by atoms with E-state index < -0.39 is 6.04 Å². The maximum Gasteiger partial charge on any atom is 0.261 e. The summed E-state index contributed by atoms with van der Waals surface area (Å²) in [6, 6.07) is 23.8. The molecule has 1 atom stereocenters. The first-order chi connectivity index (χ1) is 17.4. The number of nitrogens with one attached hydrogen (secondary N) is 1. The van der Waals surface area contributed by atoms with E-state index in [-0.39, 0.29) is 30.9 Å². The first-order valence-electron chi connectivity index (χ1n) is 12.0. The molecule has 0 unspecified atom stereocenters. The Kier molecular flexibility index (Phi) is 10.4. The van der Waals surface area contributed by atoms with Gasteiger partial charge in [0, 0.05) is 24.0 Å². The lowest BCUT2D eigenvalue weighted by atomic mass is 10.0. The Bertz CT molecular complexity index is 1120. The molecular weight excluding hydrogens is 520 g/mol. The van der Waals surface area contributed by atoms with Crippen LogP contribution in [0, 0.1) is 5.92 Å². The van der Waals surface area contributed by atoms with E-state index in [9.17, 15) is 9.59 Å². The quantitative estimate of drug-likeness (QED) is 0.333. The lowest BCUT2D eigenvalue weighted by Crippen LogP contribution is -2.52. The standard InChI is InChI=1S/C29H33BrN2O4/c1-21(2)18-31-29(34)27(17-22-8-5-4-6-9-22)32(19-23-10-7-11-26(16-23)35-3)28(33)20-36-25-14-12-24(30)13-15-25/h4-16,21,27H,17-20H2,1-3H3,(H,31,34)/t27-/m1/s1. The van der Waals surface area contributed by atoms with Crippen molar-refractivity contribution in [1.29, 1.82) is 0 Å². The van der Waals surface area contributed by atoms with Crippen LogP contribution in [0.3, 0.4) is 0 Å². The number of benzene rings is 3. The van der Waals surface area contributed by atoms with Gasteiger partial charge in [0.05, 0.1) is 7.11 Å². The third kappa shape index (κ3) is 8.41. The van der Waals surface area contributed by atoms with Gasteiger partial charge in [-0.05, 0) is 53.4 Å². The Balaban J connectivity index is 1.90. The van der Waals surface area contributed by atoms with E-state index in [1.54, 1.807) is 24.1 Å². The van der Waals surface area contributed by atoms with Crippen molar-refractivity contribution in [3.63, 3.8) is 0 Å². The highest BCUT2D eigenvalue weighted by Crippen LogP contribution is 2.20. The molecule has 0 aromatic heterocycles. The van der Waals surface area contributed by atoms with Gasteiger partial charge in [-0.15, -0.1) is 0 Å². The minimum Gasteiger partial charge on any atom is -0.497 e. The number of methoxy groups -OCH3 is 1. The normalized spacial score (nSPS) is 11.6. The molecule has 0 radical (unpaired) electrons. The number of carbonyl (C=O) groups excluding carboxylic acids is 2. The molecule has 7 heteroatoms. The fourth-order valence-electron chi connectivity index (χ4n) is 3.70. The Morgan fingerprint density at radius 3 is 2.28 bits per heavy atom. The molecule has 1 N–H and O–H groups in total. The second kappa shape index (κ2) is 13.7. The molecule has 6 nitrogen and oxygen atoms in total. The maximum atomic E-state index is 13.6. The zero-order valence-electron chi connectivity index (χ0n) is 20.9. The Hall–Kier alpha value is -3.32. The van der Waals surface area contributed by atoms with Gasteiger partial charge in [-0.25, -0.2) is 0 Å². The summed E-state index contributed by atoms with van der Waals surface area (Å²) in [4.78, 5) is 28.7. The van der Waals surface area contributed by atoms with E-state index in [1.807, 2.05) is 80.6 Å².